The van der Waals surface area contributed by atoms with Crippen molar-refractivity contribution in [3.8, 4) is 5.75 Å². The fraction of sp³-hybridized carbons (Fsp3) is 0.500. The molecule has 1 aromatic carbocycles. The number of carbonyl (C=O) groups excluding carboxylic acids is 4. The average molecular weight is 402 g/mol. The van der Waals surface area contributed by atoms with Crippen molar-refractivity contribution in [3.63, 3.8) is 0 Å². The molecule has 1 heterocycles. The van der Waals surface area contributed by atoms with Crippen LogP contribution in [0.2, 0.25) is 0 Å². The van der Waals surface area contributed by atoms with E-state index < -0.39 is 17.5 Å². The Morgan fingerprint density at radius 2 is 1.86 bits per heavy atom. The van der Waals surface area contributed by atoms with Crippen molar-refractivity contribution < 1.29 is 23.9 Å². The Balaban J connectivity index is 1.63. The summed E-state index contributed by atoms with van der Waals surface area (Å²) in [5.41, 5.74) is -0.354. The van der Waals surface area contributed by atoms with Crippen molar-refractivity contribution in [1.29, 1.82) is 0 Å². The highest BCUT2D eigenvalue weighted by atomic mass is 16.5. The van der Waals surface area contributed by atoms with E-state index >= 15 is 0 Å². The lowest BCUT2D eigenvalue weighted by atomic mass is 9.81. The first-order valence-electron chi connectivity index (χ1n) is 9.70. The maximum Gasteiger partial charge on any atom is 0.327 e. The highest BCUT2D eigenvalue weighted by Gasteiger charge is 2.55. The molecule has 1 spiro atoms. The second-order valence-corrected chi connectivity index (χ2v) is 7.36. The Kier molecular flexibility index (Phi) is 6.05. The number of imide groups is 1. The van der Waals surface area contributed by atoms with E-state index in [0.29, 0.717) is 24.3 Å². The number of rotatable bonds is 6. The van der Waals surface area contributed by atoms with Crippen molar-refractivity contribution in [2.24, 2.45) is 0 Å². The number of anilines is 1. The summed E-state index contributed by atoms with van der Waals surface area (Å²) in [6, 6.07) is 6.13. The van der Waals surface area contributed by atoms with Gasteiger partial charge >= 0.3 is 6.03 Å². The van der Waals surface area contributed by atoms with Gasteiger partial charge in [-0.1, -0.05) is 25.3 Å². The molecule has 1 saturated carbocycles. The monoisotopic (exact) mass is 402 g/mol. The zero-order valence-electron chi connectivity index (χ0n) is 16.7. The fourth-order valence-electron chi connectivity index (χ4n) is 3.90. The van der Waals surface area contributed by atoms with E-state index in [9.17, 15) is 19.2 Å². The van der Waals surface area contributed by atoms with Crippen molar-refractivity contribution in [2.45, 2.75) is 37.6 Å². The third-order valence-corrected chi connectivity index (χ3v) is 5.55. The summed E-state index contributed by atoms with van der Waals surface area (Å²) in [6.45, 7) is -0.480. The summed E-state index contributed by atoms with van der Waals surface area (Å²) in [6.07, 6.45) is 4.11. The lowest BCUT2D eigenvalue weighted by Crippen LogP contribution is -2.49. The van der Waals surface area contributed by atoms with Crippen LogP contribution in [-0.4, -0.2) is 66.3 Å². The molecule has 1 aliphatic carbocycles. The van der Waals surface area contributed by atoms with Crippen LogP contribution in [0.3, 0.4) is 0 Å². The van der Waals surface area contributed by atoms with Gasteiger partial charge in [0.15, 0.2) is 6.61 Å². The highest BCUT2D eigenvalue weighted by molar-refractivity contribution is 6.10. The van der Waals surface area contributed by atoms with Crippen LogP contribution < -0.4 is 15.4 Å². The van der Waals surface area contributed by atoms with Crippen molar-refractivity contribution in [2.75, 3.05) is 32.6 Å². The van der Waals surface area contributed by atoms with Gasteiger partial charge in [-0.15, -0.1) is 0 Å². The number of nitrogens with one attached hydrogen (secondary N) is 2. The molecular weight excluding hydrogens is 376 g/mol. The zero-order chi connectivity index (χ0) is 21.0. The smallest absolute Gasteiger partial charge is 0.327 e. The fourth-order valence-corrected chi connectivity index (χ4v) is 3.90. The molecule has 1 aliphatic heterocycles. The molecule has 0 aromatic heterocycles. The van der Waals surface area contributed by atoms with Gasteiger partial charge in [0.05, 0.1) is 0 Å². The highest BCUT2D eigenvalue weighted by Crippen LogP contribution is 2.39. The van der Waals surface area contributed by atoms with Crippen LogP contribution in [0.4, 0.5) is 10.5 Å². The number of amides is 5. The van der Waals surface area contributed by atoms with Gasteiger partial charge in [-0.2, -0.15) is 0 Å². The maximum atomic E-state index is 12.9. The molecule has 2 aliphatic rings. The molecule has 9 heteroatoms. The molecule has 29 heavy (non-hydrogen) atoms. The minimum absolute atomic E-state index is 0.140. The number of likely N-dealkylation sites (N-methyl/N-ethyl adjacent to an activating group) is 2. The number of ether oxygens (including phenoxy) is 1. The largest absolute Gasteiger partial charge is 0.484 e. The minimum Gasteiger partial charge on any atom is -0.484 e. The first kappa shape index (κ1) is 20.6. The van der Waals surface area contributed by atoms with Crippen LogP contribution >= 0.6 is 0 Å². The normalized spacial score (nSPS) is 18.1. The molecule has 0 unspecified atom stereocenters. The van der Waals surface area contributed by atoms with E-state index in [2.05, 4.69) is 10.6 Å². The molecule has 3 rings (SSSR count). The first-order chi connectivity index (χ1) is 13.9. The van der Waals surface area contributed by atoms with E-state index in [1.54, 1.807) is 31.3 Å². The average Bonchev–Trinajstić information content (AvgIpc) is 2.89. The van der Waals surface area contributed by atoms with Gasteiger partial charge in [-0.25, -0.2) is 4.79 Å². The molecule has 9 nitrogen and oxygen atoms in total. The second-order valence-electron chi connectivity index (χ2n) is 7.36. The lowest BCUT2D eigenvalue weighted by Gasteiger charge is -2.35. The third kappa shape index (κ3) is 4.18. The first-order valence-corrected chi connectivity index (χ1v) is 9.70. The van der Waals surface area contributed by atoms with Crippen LogP contribution in [-0.2, 0) is 14.4 Å². The summed E-state index contributed by atoms with van der Waals surface area (Å²) in [5, 5.41) is 5.13. The van der Waals surface area contributed by atoms with Crippen molar-refractivity contribution in [1.82, 2.24) is 15.1 Å². The number of carbonyl (C=O) groups is 4. The minimum atomic E-state index is -0.802. The Bertz CT molecular complexity index is 819. The van der Waals surface area contributed by atoms with E-state index in [4.69, 9.17) is 4.74 Å². The summed E-state index contributed by atoms with van der Waals surface area (Å²) in [4.78, 5) is 51.8. The molecule has 2 N–H and O–H groups in total. The van der Waals surface area contributed by atoms with Crippen molar-refractivity contribution in [3.05, 3.63) is 24.3 Å². The van der Waals surface area contributed by atoms with Gasteiger partial charge in [0.2, 0.25) is 5.91 Å². The third-order valence-electron chi connectivity index (χ3n) is 5.55. The van der Waals surface area contributed by atoms with E-state index in [0.717, 1.165) is 24.2 Å². The number of hydrogen-bond acceptors (Lipinski definition) is 5. The Hall–Kier alpha value is -3.10. The quantitative estimate of drug-likeness (QED) is 0.699. The Labute approximate surface area is 169 Å². The van der Waals surface area contributed by atoms with Gasteiger partial charge in [-0.05, 0) is 25.0 Å². The molecule has 5 amide bonds. The topological polar surface area (TPSA) is 108 Å². The summed E-state index contributed by atoms with van der Waals surface area (Å²) in [5.74, 6) is -0.620. The second kappa shape index (κ2) is 8.50. The van der Waals surface area contributed by atoms with Crippen LogP contribution in [0.15, 0.2) is 24.3 Å². The van der Waals surface area contributed by atoms with Crippen LogP contribution in [0.25, 0.3) is 0 Å². The van der Waals surface area contributed by atoms with Crippen molar-refractivity contribution >= 4 is 29.4 Å². The predicted molar refractivity (Wildman–Crippen MR) is 105 cm³/mol. The van der Waals surface area contributed by atoms with Crippen LogP contribution in [0.5, 0.6) is 5.75 Å². The SMILES string of the molecule is CNC(=O)COc1cccc(NC(=O)CN2C(=O)N(C)C3(CCCCC3)C2=O)c1. The van der Waals surface area contributed by atoms with Gasteiger partial charge < -0.3 is 20.3 Å². The molecule has 1 saturated heterocycles. The number of hydrogen-bond donors (Lipinski definition) is 2. The lowest BCUT2D eigenvalue weighted by molar-refractivity contribution is -0.136. The molecule has 0 radical (unpaired) electrons. The van der Waals surface area contributed by atoms with E-state index in [1.807, 2.05) is 0 Å². The van der Waals surface area contributed by atoms with Gasteiger partial charge in [0.1, 0.15) is 17.8 Å². The van der Waals surface area contributed by atoms with E-state index in [-0.39, 0.29) is 25.0 Å². The number of nitrogens with zero attached hydrogens (tertiary/aromatic N) is 2. The summed E-state index contributed by atoms with van der Waals surface area (Å²) < 4.78 is 5.35. The van der Waals surface area contributed by atoms with Crippen LogP contribution in [0.1, 0.15) is 32.1 Å². The van der Waals surface area contributed by atoms with E-state index in [1.165, 1.54) is 11.9 Å². The zero-order valence-corrected chi connectivity index (χ0v) is 16.7. The van der Waals surface area contributed by atoms with Crippen LogP contribution in [0, 0.1) is 0 Å². The molecule has 156 valence electrons. The molecule has 2 fully saturated rings. The molecule has 1 aromatic rings. The number of urea groups is 1. The standard InChI is InChI=1S/C20H26N4O5/c1-21-17(26)13-29-15-8-6-7-14(11-15)22-16(25)12-24-18(27)20(23(2)19(24)28)9-4-3-5-10-20/h6-8,11H,3-5,9-10,12-13H2,1-2H3,(H,21,26)(H,22,25). The Morgan fingerprint density at radius 3 is 2.55 bits per heavy atom. The maximum absolute atomic E-state index is 12.9. The Morgan fingerprint density at radius 1 is 1.14 bits per heavy atom. The summed E-state index contributed by atoms with van der Waals surface area (Å²) in [7, 11) is 3.15. The van der Waals surface area contributed by atoms with Gasteiger partial charge in [0.25, 0.3) is 11.8 Å². The number of benzene rings is 1. The predicted octanol–water partition coefficient (Wildman–Crippen LogP) is 1.35. The summed E-state index contributed by atoms with van der Waals surface area (Å²) >= 11 is 0. The van der Waals surface area contributed by atoms with Gasteiger partial charge in [0, 0.05) is 25.8 Å². The molecule has 0 bridgehead atoms. The van der Waals surface area contributed by atoms with Gasteiger partial charge in [-0.3, -0.25) is 19.3 Å². The molecule has 0 atom stereocenters. The molecular formula is C20H26N4O5.